The molecule has 0 saturated carbocycles. The Labute approximate surface area is 123 Å². The molecule has 3 nitrogen and oxygen atoms in total. The normalized spacial score (nSPS) is 10.7. The van der Waals surface area contributed by atoms with E-state index in [0.29, 0.717) is 0 Å². The second-order valence-electron chi connectivity index (χ2n) is 4.72. The summed E-state index contributed by atoms with van der Waals surface area (Å²) in [6, 6.07) is 12.1. The number of rotatable bonds is 7. The number of carbonyl (C=O) groups is 1. The van der Waals surface area contributed by atoms with Crippen molar-refractivity contribution in [1.29, 1.82) is 0 Å². The van der Waals surface area contributed by atoms with E-state index in [1.807, 2.05) is 35.6 Å². The summed E-state index contributed by atoms with van der Waals surface area (Å²) in [5.74, 6) is -0.791. The van der Waals surface area contributed by atoms with E-state index in [4.69, 9.17) is 5.11 Å². The molecule has 106 valence electrons. The highest BCUT2D eigenvalue weighted by Gasteiger charge is 2.02. The van der Waals surface area contributed by atoms with Crippen molar-refractivity contribution in [3.63, 3.8) is 0 Å². The van der Waals surface area contributed by atoms with Crippen molar-refractivity contribution >= 4 is 17.3 Å². The maximum Gasteiger partial charge on any atom is 0.307 e. The molecule has 2 N–H and O–H groups in total. The average molecular weight is 289 g/mol. The van der Waals surface area contributed by atoms with E-state index in [1.54, 1.807) is 0 Å². The first kappa shape index (κ1) is 14.8. The van der Waals surface area contributed by atoms with Gasteiger partial charge in [-0.05, 0) is 29.7 Å². The number of carboxylic acid groups (broad SMARTS) is 1. The van der Waals surface area contributed by atoms with Crippen LogP contribution >= 0.6 is 11.3 Å². The molecule has 20 heavy (non-hydrogen) atoms. The number of carboxylic acids is 1. The smallest absolute Gasteiger partial charge is 0.307 e. The summed E-state index contributed by atoms with van der Waals surface area (Å²) in [5.41, 5.74) is 1.97. The predicted octanol–water partition coefficient (Wildman–Crippen LogP) is 3.23. The summed E-state index contributed by atoms with van der Waals surface area (Å²) in [6.45, 7) is 3.78. The summed E-state index contributed by atoms with van der Waals surface area (Å²) in [7, 11) is 0. The van der Waals surface area contributed by atoms with Crippen molar-refractivity contribution in [1.82, 2.24) is 5.32 Å². The summed E-state index contributed by atoms with van der Waals surface area (Å²) in [5, 5.41) is 12.2. The van der Waals surface area contributed by atoms with Crippen LogP contribution in [0.4, 0.5) is 0 Å². The van der Waals surface area contributed by atoms with Crippen LogP contribution in [0.25, 0.3) is 0 Å². The highest BCUT2D eigenvalue weighted by molar-refractivity contribution is 7.11. The second kappa shape index (κ2) is 7.22. The maximum absolute atomic E-state index is 10.7. The van der Waals surface area contributed by atoms with E-state index in [1.165, 1.54) is 9.75 Å². The van der Waals surface area contributed by atoms with Crippen LogP contribution in [0.3, 0.4) is 0 Å². The summed E-state index contributed by atoms with van der Waals surface area (Å²) < 4.78 is 0. The zero-order valence-corrected chi connectivity index (χ0v) is 12.4. The molecule has 1 aromatic carbocycles. The quantitative estimate of drug-likeness (QED) is 0.823. The molecule has 0 spiro atoms. The average Bonchev–Trinajstić information content (AvgIpc) is 2.86. The van der Waals surface area contributed by atoms with Crippen molar-refractivity contribution in [2.75, 3.05) is 0 Å². The molecule has 0 aliphatic heterocycles. The van der Waals surface area contributed by atoms with Gasteiger partial charge in [0.1, 0.15) is 0 Å². The molecule has 2 aromatic rings. The number of hydrogen-bond acceptors (Lipinski definition) is 3. The molecule has 4 heteroatoms. The van der Waals surface area contributed by atoms with Crippen molar-refractivity contribution in [3.05, 3.63) is 57.3 Å². The number of aryl methyl sites for hydroxylation is 1. The molecule has 1 aromatic heterocycles. The standard InChI is InChI=1S/C16H19NO2S/c1-2-14-6-7-15(20-14)11-17-10-13-5-3-4-12(8-13)9-16(18)19/h3-8,17H,2,9-11H2,1H3,(H,18,19). The zero-order valence-electron chi connectivity index (χ0n) is 11.6. The zero-order chi connectivity index (χ0) is 14.4. The van der Waals surface area contributed by atoms with Gasteiger partial charge >= 0.3 is 5.97 Å². The first-order chi connectivity index (χ1) is 9.67. The van der Waals surface area contributed by atoms with Crippen molar-refractivity contribution < 1.29 is 9.90 Å². The Balaban J connectivity index is 1.85. The number of aliphatic carboxylic acids is 1. The molecule has 0 radical (unpaired) electrons. The molecule has 0 amide bonds. The Hall–Kier alpha value is -1.65. The Morgan fingerprint density at radius 1 is 1.15 bits per heavy atom. The van der Waals surface area contributed by atoms with Crippen molar-refractivity contribution in [2.45, 2.75) is 32.9 Å². The molecular formula is C16H19NO2S. The fraction of sp³-hybridized carbons (Fsp3) is 0.312. The molecule has 0 fully saturated rings. The van der Waals surface area contributed by atoms with E-state index >= 15 is 0 Å². The molecular weight excluding hydrogens is 270 g/mol. The minimum Gasteiger partial charge on any atom is -0.481 e. The molecule has 0 atom stereocenters. The van der Waals surface area contributed by atoms with Crippen molar-refractivity contribution in [3.8, 4) is 0 Å². The molecule has 0 aliphatic carbocycles. The molecule has 2 rings (SSSR count). The Morgan fingerprint density at radius 3 is 2.60 bits per heavy atom. The van der Waals surface area contributed by atoms with Crippen LogP contribution in [-0.4, -0.2) is 11.1 Å². The Kier molecular flexibility index (Phi) is 5.32. The van der Waals surface area contributed by atoms with E-state index < -0.39 is 5.97 Å². The topological polar surface area (TPSA) is 49.3 Å². The predicted molar refractivity (Wildman–Crippen MR) is 82.0 cm³/mol. The van der Waals surface area contributed by atoms with Crippen LogP contribution in [0.15, 0.2) is 36.4 Å². The van der Waals surface area contributed by atoms with Crippen LogP contribution in [0.5, 0.6) is 0 Å². The van der Waals surface area contributed by atoms with Crippen LogP contribution < -0.4 is 5.32 Å². The third-order valence-corrected chi connectivity index (χ3v) is 4.27. The molecule has 0 bridgehead atoms. The number of thiophene rings is 1. The maximum atomic E-state index is 10.7. The van der Waals surface area contributed by atoms with E-state index in [-0.39, 0.29) is 6.42 Å². The van der Waals surface area contributed by atoms with Crippen molar-refractivity contribution in [2.24, 2.45) is 0 Å². The third-order valence-electron chi connectivity index (χ3n) is 3.04. The van der Waals surface area contributed by atoms with E-state index in [9.17, 15) is 4.79 Å². The highest BCUT2D eigenvalue weighted by atomic mass is 32.1. The minimum absolute atomic E-state index is 0.0820. The monoisotopic (exact) mass is 289 g/mol. The Morgan fingerprint density at radius 2 is 1.90 bits per heavy atom. The van der Waals surface area contributed by atoms with Gasteiger partial charge in [-0.3, -0.25) is 4.79 Å². The van der Waals surface area contributed by atoms with Gasteiger partial charge in [0.2, 0.25) is 0 Å². The lowest BCUT2D eigenvalue weighted by molar-refractivity contribution is -0.136. The molecule has 1 heterocycles. The molecule has 0 unspecified atom stereocenters. The summed E-state index contributed by atoms with van der Waals surface area (Å²) >= 11 is 1.84. The lowest BCUT2D eigenvalue weighted by atomic mass is 10.1. The number of nitrogens with one attached hydrogen (secondary N) is 1. The van der Waals surface area contributed by atoms with Gasteiger partial charge in [-0.1, -0.05) is 31.2 Å². The Bertz CT molecular complexity index is 577. The lowest BCUT2D eigenvalue weighted by Gasteiger charge is -2.05. The highest BCUT2D eigenvalue weighted by Crippen LogP contribution is 2.16. The van der Waals surface area contributed by atoms with Gasteiger partial charge in [0.05, 0.1) is 6.42 Å². The van der Waals surface area contributed by atoms with Gasteiger partial charge in [0.15, 0.2) is 0 Å². The van der Waals surface area contributed by atoms with E-state index in [2.05, 4.69) is 24.4 Å². The molecule has 0 aliphatic rings. The molecule has 0 saturated heterocycles. The summed E-state index contributed by atoms with van der Waals surface area (Å²) in [6.07, 6.45) is 1.17. The third kappa shape index (κ3) is 4.47. The van der Waals surface area contributed by atoms with Gasteiger partial charge in [0, 0.05) is 22.8 Å². The first-order valence-electron chi connectivity index (χ1n) is 6.75. The second-order valence-corrected chi connectivity index (χ2v) is 5.97. The fourth-order valence-corrected chi connectivity index (χ4v) is 2.99. The van der Waals surface area contributed by atoms with Crippen LogP contribution in [0, 0.1) is 0 Å². The number of hydrogen-bond donors (Lipinski definition) is 2. The lowest BCUT2D eigenvalue weighted by Crippen LogP contribution is -2.12. The van der Waals surface area contributed by atoms with Gasteiger partial charge in [0.25, 0.3) is 0 Å². The first-order valence-corrected chi connectivity index (χ1v) is 7.57. The van der Waals surface area contributed by atoms with E-state index in [0.717, 1.165) is 30.6 Å². The fourth-order valence-electron chi connectivity index (χ4n) is 2.06. The SMILES string of the molecule is CCc1ccc(CNCc2cccc(CC(=O)O)c2)s1. The van der Waals surface area contributed by atoms with Gasteiger partial charge in [-0.25, -0.2) is 0 Å². The van der Waals surface area contributed by atoms with Crippen LogP contribution in [0.1, 0.15) is 27.8 Å². The number of benzene rings is 1. The van der Waals surface area contributed by atoms with Crippen LogP contribution in [0.2, 0.25) is 0 Å². The largest absolute Gasteiger partial charge is 0.481 e. The van der Waals surface area contributed by atoms with Gasteiger partial charge < -0.3 is 10.4 Å². The summed E-state index contributed by atoms with van der Waals surface area (Å²) in [4.78, 5) is 13.4. The van der Waals surface area contributed by atoms with Crippen LogP contribution in [-0.2, 0) is 30.7 Å². The minimum atomic E-state index is -0.791. The van der Waals surface area contributed by atoms with Gasteiger partial charge in [-0.15, -0.1) is 11.3 Å². The van der Waals surface area contributed by atoms with Gasteiger partial charge in [-0.2, -0.15) is 0 Å².